The molecule has 3 heterocycles. The van der Waals surface area contributed by atoms with Crippen molar-refractivity contribution >= 4 is 40.9 Å². The summed E-state index contributed by atoms with van der Waals surface area (Å²) in [4.78, 5) is 76.0. The standard InChI is InChI=1S/C52H74N10O9/c1-8-29-68-45-30-37(24-27-55-45)62-38-22-23-39(62)33-61(32-38)43(31-41(53)40-15-10-11-17-44(40)70-59-71-51(3,4)5)46(54)58-50(66)69-34-35-18-20-36(21-19-35)56-47(63)42(16-12-13-28-60(6)7)57-48(64)52(25-14-26-52)49(65)67-9-2/h10-11,15,17-21,24,27,30-31,38-39,42,59H,8-9,12-14,16,22-23,25-26,28-29,32-34,53-54H2,1-7H3,(H,56,63)(H,57,64)(H,58,66)/b41-31-,46-43-. The van der Waals surface area contributed by atoms with Crippen molar-refractivity contribution in [3.05, 3.63) is 95.6 Å². The number of nitrogens with zero attached hydrogens (tertiary/aromatic N) is 4. The molecule has 19 nitrogen and oxygen atoms in total. The summed E-state index contributed by atoms with van der Waals surface area (Å²) in [6.07, 6.45) is 8.87. The number of nitrogens with two attached hydrogens (primary N) is 2. The van der Waals surface area contributed by atoms with Gasteiger partial charge in [-0.1, -0.05) is 37.6 Å². The highest BCUT2D eigenvalue weighted by Crippen LogP contribution is 2.43. The Kier molecular flexibility index (Phi) is 18.9. The topological polar surface area (TPSA) is 237 Å². The molecule has 3 amide bonds. The van der Waals surface area contributed by atoms with E-state index in [1.165, 1.54) is 0 Å². The number of fused-ring (bicyclic) bond motifs is 2. The zero-order valence-corrected chi connectivity index (χ0v) is 42.4. The second-order valence-electron chi connectivity index (χ2n) is 19.6. The first-order chi connectivity index (χ1) is 34.0. The number of allylic oxidation sites excluding steroid dienone is 1. The number of carbonyl (C=O) groups is 4. The number of esters is 1. The highest BCUT2D eigenvalue weighted by molar-refractivity contribution is 6.06. The molecule has 2 aromatic carbocycles. The van der Waals surface area contributed by atoms with E-state index >= 15 is 0 Å². The highest BCUT2D eigenvalue weighted by atomic mass is 16.9. The molecule has 386 valence electrons. The molecule has 3 unspecified atom stereocenters. The Morgan fingerprint density at radius 3 is 2.32 bits per heavy atom. The van der Waals surface area contributed by atoms with Crippen molar-refractivity contribution in [2.75, 3.05) is 57.2 Å². The Morgan fingerprint density at radius 2 is 1.68 bits per heavy atom. The molecule has 71 heavy (non-hydrogen) atoms. The normalized spacial score (nSPS) is 18.2. The molecule has 1 aliphatic carbocycles. The van der Waals surface area contributed by atoms with Gasteiger partial charge in [-0.3, -0.25) is 24.5 Å². The number of hydrogen-bond acceptors (Lipinski definition) is 16. The van der Waals surface area contributed by atoms with E-state index in [0.29, 0.717) is 85.2 Å². The number of hydrogen-bond donors (Lipinski definition) is 6. The van der Waals surface area contributed by atoms with Gasteiger partial charge >= 0.3 is 12.1 Å². The second-order valence-corrected chi connectivity index (χ2v) is 19.6. The third-order valence-corrected chi connectivity index (χ3v) is 12.7. The SMILES string of the molecule is CCCOc1cc(N2C3CCC2CN(C(/C=C(\N)c2ccccc2ONOC(C)(C)C)=C(/N)NC(=O)OCc2ccc(NC(=O)C(CCCCN(C)C)NC(=O)C4(C(=O)OCC)CCC4)cc2)C3)ccn1. The van der Waals surface area contributed by atoms with Gasteiger partial charge in [-0.25, -0.2) is 9.78 Å². The number of likely N-dealkylation sites (tertiary alicyclic amines) is 1. The van der Waals surface area contributed by atoms with E-state index in [9.17, 15) is 19.2 Å². The quantitative estimate of drug-likeness (QED) is 0.0196. The molecule has 3 fully saturated rings. The number of piperazine rings is 1. The fourth-order valence-electron chi connectivity index (χ4n) is 8.85. The molecule has 2 bridgehead atoms. The number of ether oxygens (including phenoxy) is 3. The predicted octanol–water partition coefficient (Wildman–Crippen LogP) is 6.08. The minimum Gasteiger partial charge on any atom is -0.478 e. The van der Waals surface area contributed by atoms with Crippen LogP contribution in [0, 0.1) is 5.41 Å². The molecule has 6 rings (SSSR count). The first-order valence-electron chi connectivity index (χ1n) is 24.7. The molecule has 2 saturated heterocycles. The number of pyridine rings is 1. The van der Waals surface area contributed by atoms with E-state index in [0.717, 1.165) is 44.3 Å². The van der Waals surface area contributed by atoms with Gasteiger partial charge in [0.2, 0.25) is 17.7 Å². The summed E-state index contributed by atoms with van der Waals surface area (Å²) in [6, 6.07) is 17.4. The largest absolute Gasteiger partial charge is 0.478 e. The number of unbranched alkanes of at least 4 members (excludes halogenated alkanes) is 1. The molecule has 19 heteroatoms. The number of amides is 3. The smallest absolute Gasteiger partial charge is 0.413 e. The number of para-hydroxylation sites is 1. The van der Waals surface area contributed by atoms with E-state index in [-0.39, 0.29) is 31.1 Å². The summed E-state index contributed by atoms with van der Waals surface area (Å²) in [5.41, 5.74) is 18.0. The van der Waals surface area contributed by atoms with Crippen LogP contribution in [0.1, 0.15) is 104 Å². The lowest BCUT2D eigenvalue weighted by molar-refractivity contribution is -0.175. The van der Waals surface area contributed by atoms with Crippen LogP contribution in [0.4, 0.5) is 16.2 Å². The Bertz CT molecular complexity index is 2330. The Morgan fingerprint density at radius 1 is 0.958 bits per heavy atom. The van der Waals surface area contributed by atoms with Crippen molar-refractivity contribution in [1.82, 2.24) is 31.1 Å². The maximum atomic E-state index is 13.7. The molecule has 3 atom stereocenters. The maximum Gasteiger partial charge on any atom is 0.413 e. The lowest BCUT2D eigenvalue weighted by Gasteiger charge is -2.44. The monoisotopic (exact) mass is 983 g/mol. The van der Waals surface area contributed by atoms with Crippen molar-refractivity contribution in [3.63, 3.8) is 0 Å². The summed E-state index contributed by atoms with van der Waals surface area (Å²) in [5, 5.41) is 8.52. The third-order valence-electron chi connectivity index (χ3n) is 12.7. The zero-order chi connectivity index (χ0) is 51.1. The van der Waals surface area contributed by atoms with Crippen LogP contribution in [0.3, 0.4) is 0 Å². The Balaban J connectivity index is 1.14. The van der Waals surface area contributed by atoms with Crippen LogP contribution < -0.4 is 47.5 Å². The molecular formula is C52H74N10O9. The molecule has 0 spiro atoms. The molecule has 0 radical (unpaired) electrons. The van der Waals surface area contributed by atoms with Crippen LogP contribution in [-0.4, -0.2) is 109 Å². The zero-order valence-electron chi connectivity index (χ0n) is 42.4. The first kappa shape index (κ1) is 53.8. The van der Waals surface area contributed by atoms with Crippen molar-refractivity contribution in [2.24, 2.45) is 16.9 Å². The summed E-state index contributed by atoms with van der Waals surface area (Å²) in [7, 11) is 3.95. The average molecular weight is 983 g/mol. The highest BCUT2D eigenvalue weighted by Gasteiger charge is 2.53. The van der Waals surface area contributed by atoms with Gasteiger partial charge in [-0.15, -0.1) is 0 Å². The maximum absolute atomic E-state index is 13.7. The van der Waals surface area contributed by atoms with Gasteiger partial charge in [0.1, 0.15) is 23.9 Å². The Labute approximate surface area is 417 Å². The van der Waals surface area contributed by atoms with Gasteiger partial charge in [-0.2, -0.15) is 0 Å². The van der Waals surface area contributed by atoms with Crippen LogP contribution in [0.15, 0.2) is 84.5 Å². The lowest BCUT2D eigenvalue weighted by atomic mass is 9.68. The summed E-state index contributed by atoms with van der Waals surface area (Å²) in [5.74, 6) is -0.395. The predicted molar refractivity (Wildman–Crippen MR) is 271 cm³/mol. The van der Waals surface area contributed by atoms with Crippen LogP contribution >= 0.6 is 0 Å². The number of anilines is 2. The van der Waals surface area contributed by atoms with Crippen LogP contribution in [0.5, 0.6) is 11.6 Å². The van der Waals surface area contributed by atoms with E-state index in [2.05, 4.69) is 48.2 Å². The molecule has 3 aliphatic rings. The summed E-state index contributed by atoms with van der Waals surface area (Å²) >= 11 is 0. The average Bonchev–Trinajstić information content (AvgIpc) is 3.58. The second kappa shape index (κ2) is 25.0. The van der Waals surface area contributed by atoms with Crippen molar-refractivity contribution in [1.29, 1.82) is 0 Å². The fourth-order valence-corrected chi connectivity index (χ4v) is 8.85. The van der Waals surface area contributed by atoms with E-state index < -0.39 is 40.9 Å². The van der Waals surface area contributed by atoms with Gasteiger partial charge < -0.3 is 55.8 Å². The van der Waals surface area contributed by atoms with E-state index in [4.69, 9.17) is 35.4 Å². The van der Waals surface area contributed by atoms with E-state index in [1.807, 2.05) is 65.2 Å². The number of aromatic nitrogens is 1. The number of nitrogens with one attached hydrogen (secondary N) is 4. The van der Waals surface area contributed by atoms with Crippen molar-refractivity contribution < 1.29 is 43.1 Å². The first-order valence-corrected chi connectivity index (χ1v) is 24.7. The van der Waals surface area contributed by atoms with Crippen LogP contribution in [0.2, 0.25) is 0 Å². The fraction of sp³-hybridized carbons (Fsp3) is 0.519. The molecule has 1 aromatic heterocycles. The third kappa shape index (κ3) is 14.7. The minimum absolute atomic E-state index is 0.0458. The molecular weight excluding hydrogens is 909 g/mol. The number of alkyl carbamates (subject to hydrolysis) is 1. The number of carbonyl (C=O) groups excluding carboxylic acids is 4. The lowest BCUT2D eigenvalue weighted by Crippen LogP contribution is -2.56. The van der Waals surface area contributed by atoms with Gasteiger partial charge in [0.15, 0.2) is 5.75 Å². The van der Waals surface area contributed by atoms with Gasteiger partial charge in [0.05, 0.1) is 24.5 Å². The minimum atomic E-state index is -1.27. The van der Waals surface area contributed by atoms with Crippen LogP contribution in [-0.2, 0) is 35.3 Å². The summed E-state index contributed by atoms with van der Waals surface area (Å²) < 4.78 is 16.8. The van der Waals surface area contributed by atoms with E-state index in [1.54, 1.807) is 49.5 Å². The van der Waals surface area contributed by atoms with Gasteiger partial charge in [0, 0.05) is 60.1 Å². The molecule has 8 N–H and O–H groups in total. The molecule has 3 aromatic rings. The Hall–Kier alpha value is -6.57. The summed E-state index contributed by atoms with van der Waals surface area (Å²) in [6.45, 7) is 12.1. The van der Waals surface area contributed by atoms with Gasteiger partial charge in [-0.05, 0) is 147 Å². The van der Waals surface area contributed by atoms with Crippen molar-refractivity contribution in [3.8, 4) is 11.6 Å². The number of rotatable bonds is 24. The number of benzene rings is 2. The molecule has 2 aliphatic heterocycles. The van der Waals surface area contributed by atoms with Gasteiger partial charge in [0.25, 0.3) is 0 Å². The van der Waals surface area contributed by atoms with Crippen LogP contribution in [0.25, 0.3) is 5.70 Å². The molecule has 1 saturated carbocycles. The van der Waals surface area contributed by atoms with Crippen molar-refractivity contribution in [2.45, 2.75) is 123 Å².